The SMILES string of the molecule is CN(C)C=C1CN(Cc2ccccc2)CC(F)(F)C1=O. The first-order valence-corrected chi connectivity index (χ1v) is 6.44. The van der Waals surface area contributed by atoms with Crippen LogP contribution in [0.15, 0.2) is 42.1 Å². The zero-order chi connectivity index (χ0) is 14.8. The summed E-state index contributed by atoms with van der Waals surface area (Å²) in [5, 5.41) is 0. The molecule has 3 nitrogen and oxygen atoms in total. The highest BCUT2D eigenvalue weighted by Gasteiger charge is 2.46. The third-order valence-corrected chi connectivity index (χ3v) is 3.10. The van der Waals surface area contributed by atoms with Crippen LogP contribution in [0.1, 0.15) is 5.56 Å². The van der Waals surface area contributed by atoms with Gasteiger partial charge in [-0.15, -0.1) is 0 Å². The molecule has 0 atom stereocenters. The monoisotopic (exact) mass is 280 g/mol. The molecule has 1 aliphatic heterocycles. The number of ketones is 1. The number of Topliss-reactive ketones (excluding diaryl/α,β-unsaturated/α-hetero) is 1. The molecule has 1 heterocycles. The second kappa shape index (κ2) is 5.71. The van der Waals surface area contributed by atoms with Crippen LogP contribution in [0.3, 0.4) is 0 Å². The summed E-state index contributed by atoms with van der Waals surface area (Å²) < 4.78 is 27.6. The van der Waals surface area contributed by atoms with E-state index >= 15 is 0 Å². The highest BCUT2D eigenvalue weighted by molar-refractivity contribution is 6.02. The highest BCUT2D eigenvalue weighted by atomic mass is 19.3. The first-order valence-electron chi connectivity index (χ1n) is 6.44. The average Bonchev–Trinajstić information content (AvgIpc) is 2.35. The minimum atomic E-state index is -3.31. The normalized spacial score (nSPS) is 21.2. The summed E-state index contributed by atoms with van der Waals surface area (Å²) in [4.78, 5) is 14.9. The van der Waals surface area contributed by atoms with Crippen LogP contribution < -0.4 is 0 Å². The van der Waals surface area contributed by atoms with E-state index in [1.54, 1.807) is 23.9 Å². The van der Waals surface area contributed by atoms with E-state index in [1.807, 2.05) is 30.3 Å². The molecule has 0 amide bonds. The van der Waals surface area contributed by atoms with E-state index in [0.717, 1.165) is 5.56 Å². The van der Waals surface area contributed by atoms with Crippen LogP contribution in [0.25, 0.3) is 0 Å². The summed E-state index contributed by atoms with van der Waals surface area (Å²) in [5.41, 5.74) is 1.11. The van der Waals surface area contributed by atoms with Gasteiger partial charge in [-0.1, -0.05) is 30.3 Å². The summed E-state index contributed by atoms with van der Waals surface area (Å²) >= 11 is 0. The number of hydrogen-bond donors (Lipinski definition) is 0. The fourth-order valence-electron chi connectivity index (χ4n) is 2.32. The van der Waals surface area contributed by atoms with Crippen molar-refractivity contribution in [3.63, 3.8) is 0 Å². The summed E-state index contributed by atoms with van der Waals surface area (Å²) in [7, 11) is 3.43. The number of hydrogen-bond acceptors (Lipinski definition) is 3. The molecule has 1 aliphatic rings. The van der Waals surface area contributed by atoms with Crippen molar-refractivity contribution in [3.8, 4) is 0 Å². The molecule has 0 saturated carbocycles. The third-order valence-electron chi connectivity index (χ3n) is 3.10. The van der Waals surface area contributed by atoms with Gasteiger partial charge in [0.05, 0.1) is 6.54 Å². The molecule has 0 aliphatic carbocycles. The molecule has 0 unspecified atom stereocenters. The van der Waals surface area contributed by atoms with Crippen LogP contribution in [0.4, 0.5) is 8.78 Å². The molecule has 0 aromatic heterocycles. The molecule has 0 bridgehead atoms. The van der Waals surface area contributed by atoms with Gasteiger partial charge in [-0.3, -0.25) is 9.69 Å². The number of rotatable bonds is 3. The molecule has 0 N–H and O–H groups in total. The number of nitrogens with zero attached hydrogens (tertiary/aromatic N) is 2. The van der Waals surface area contributed by atoms with Crippen molar-refractivity contribution in [1.82, 2.24) is 9.80 Å². The molecule has 0 radical (unpaired) electrons. The fraction of sp³-hybridized carbons (Fsp3) is 0.400. The Hall–Kier alpha value is -1.75. The van der Waals surface area contributed by atoms with Crippen LogP contribution in [-0.4, -0.2) is 48.7 Å². The predicted octanol–water partition coefficient (Wildman–Crippen LogP) is 2.15. The van der Waals surface area contributed by atoms with Crippen molar-refractivity contribution < 1.29 is 13.6 Å². The third kappa shape index (κ3) is 3.42. The maximum Gasteiger partial charge on any atom is 0.321 e. The fourth-order valence-corrected chi connectivity index (χ4v) is 2.32. The molecule has 5 heteroatoms. The summed E-state index contributed by atoms with van der Waals surface area (Å²) in [6, 6.07) is 9.42. The Bertz CT molecular complexity index is 512. The van der Waals surface area contributed by atoms with E-state index in [-0.39, 0.29) is 12.1 Å². The van der Waals surface area contributed by atoms with Gasteiger partial charge in [0.2, 0.25) is 5.78 Å². The Kier molecular flexibility index (Phi) is 4.18. The van der Waals surface area contributed by atoms with Crippen molar-refractivity contribution in [2.45, 2.75) is 12.5 Å². The molecule has 1 aromatic carbocycles. The lowest BCUT2D eigenvalue weighted by Gasteiger charge is -2.33. The van der Waals surface area contributed by atoms with Gasteiger partial charge in [-0.2, -0.15) is 8.78 Å². The van der Waals surface area contributed by atoms with Gasteiger partial charge in [-0.25, -0.2) is 0 Å². The molecule has 1 saturated heterocycles. The second-order valence-electron chi connectivity index (χ2n) is 5.28. The van der Waals surface area contributed by atoms with Crippen LogP contribution >= 0.6 is 0 Å². The Morgan fingerprint density at radius 2 is 1.95 bits per heavy atom. The predicted molar refractivity (Wildman–Crippen MR) is 73.4 cm³/mol. The van der Waals surface area contributed by atoms with Gasteiger partial charge in [0.1, 0.15) is 0 Å². The average molecular weight is 280 g/mol. The minimum absolute atomic E-state index is 0.155. The van der Waals surface area contributed by atoms with Crippen molar-refractivity contribution in [3.05, 3.63) is 47.7 Å². The molecular weight excluding hydrogens is 262 g/mol. The summed E-state index contributed by atoms with van der Waals surface area (Å²) in [6.07, 6.45) is 1.48. The first-order chi connectivity index (χ1) is 9.38. The number of carbonyl (C=O) groups is 1. The number of likely N-dealkylation sites (tertiary alicyclic amines) is 1. The molecule has 20 heavy (non-hydrogen) atoms. The van der Waals surface area contributed by atoms with Crippen LogP contribution in [0.5, 0.6) is 0 Å². The van der Waals surface area contributed by atoms with E-state index in [9.17, 15) is 13.6 Å². The maximum absolute atomic E-state index is 13.8. The van der Waals surface area contributed by atoms with Crippen molar-refractivity contribution in [2.75, 3.05) is 27.2 Å². The van der Waals surface area contributed by atoms with Gasteiger partial charge in [0.25, 0.3) is 0 Å². The van der Waals surface area contributed by atoms with E-state index in [4.69, 9.17) is 0 Å². The second-order valence-corrected chi connectivity index (χ2v) is 5.28. The lowest BCUT2D eigenvalue weighted by molar-refractivity contribution is -0.145. The van der Waals surface area contributed by atoms with E-state index < -0.39 is 18.3 Å². The zero-order valence-corrected chi connectivity index (χ0v) is 11.6. The van der Waals surface area contributed by atoms with Crippen LogP contribution in [0, 0.1) is 0 Å². The number of alkyl halides is 2. The Morgan fingerprint density at radius 3 is 2.55 bits per heavy atom. The molecule has 2 rings (SSSR count). The maximum atomic E-state index is 13.8. The van der Waals surface area contributed by atoms with Crippen molar-refractivity contribution in [1.29, 1.82) is 0 Å². The Morgan fingerprint density at radius 1 is 1.30 bits per heavy atom. The summed E-state index contributed by atoms with van der Waals surface area (Å²) in [6.45, 7) is 0.140. The Labute approximate surface area is 117 Å². The smallest absolute Gasteiger partial charge is 0.321 e. The van der Waals surface area contributed by atoms with Crippen LogP contribution in [0.2, 0.25) is 0 Å². The van der Waals surface area contributed by atoms with E-state index in [0.29, 0.717) is 6.54 Å². The van der Waals surface area contributed by atoms with Gasteiger partial charge < -0.3 is 4.90 Å². The molecule has 1 fully saturated rings. The number of carbonyl (C=O) groups excluding carboxylic acids is 1. The van der Waals surface area contributed by atoms with E-state index in [2.05, 4.69) is 0 Å². The van der Waals surface area contributed by atoms with Crippen molar-refractivity contribution in [2.24, 2.45) is 0 Å². The van der Waals surface area contributed by atoms with Crippen molar-refractivity contribution >= 4 is 5.78 Å². The first kappa shape index (κ1) is 14.7. The molecule has 1 aromatic rings. The van der Waals surface area contributed by atoms with Crippen LogP contribution in [-0.2, 0) is 11.3 Å². The zero-order valence-electron chi connectivity index (χ0n) is 11.6. The van der Waals surface area contributed by atoms with Gasteiger partial charge >= 0.3 is 5.92 Å². The largest absolute Gasteiger partial charge is 0.383 e. The van der Waals surface area contributed by atoms with Gasteiger partial charge in [0, 0.05) is 39.0 Å². The standard InChI is InChI=1S/C15H18F2N2O/c1-18(2)9-13-10-19(11-15(16,17)14(13)20)8-12-6-4-3-5-7-12/h3-7,9H,8,10-11H2,1-2H3. The topological polar surface area (TPSA) is 23.6 Å². The van der Waals surface area contributed by atoms with Gasteiger partial charge in [-0.05, 0) is 5.56 Å². The highest BCUT2D eigenvalue weighted by Crippen LogP contribution is 2.27. The van der Waals surface area contributed by atoms with E-state index in [1.165, 1.54) is 6.20 Å². The number of halogens is 2. The quantitative estimate of drug-likeness (QED) is 0.793. The lowest BCUT2D eigenvalue weighted by Crippen LogP contribution is -2.50. The molecule has 0 spiro atoms. The molecular formula is C15H18F2N2O. The lowest BCUT2D eigenvalue weighted by atomic mass is 9.99. The number of benzene rings is 1. The Balaban J connectivity index is 2.17. The summed E-state index contributed by atoms with van der Waals surface area (Å²) in [5.74, 6) is -4.37. The minimum Gasteiger partial charge on any atom is -0.383 e. The molecule has 108 valence electrons. The van der Waals surface area contributed by atoms with Gasteiger partial charge in [0.15, 0.2) is 0 Å². The number of piperidine rings is 1.